The topological polar surface area (TPSA) is 75.0 Å². The average Bonchev–Trinajstić information content (AvgIpc) is 1.59. The Morgan fingerprint density at radius 1 is 1.67 bits per heavy atom. The van der Waals surface area contributed by atoms with Gasteiger partial charge in [-0.25, -0.2) is 9.90 Å². The van der Waals surface area contributed by atoms with Gasteiger partial charge in [0.25, 0.3) is 0 Å². The zero-order valence-corrected chi connectivity index (χ0v) is 5.60. The third-order valence-corrected chi connectivity index (χ3v) is 0.688. The zero-order valence-electron chi connectivity index (χ0n) is 5.60. The van der Waals surface area contributed by atoms with Gasteiger partial charge >= 0.3 is 6.03 Å². The number of hydrogen-bond acceptors (Lipinski definition) is 1. The molecule has 0 atom stereocenters. The van der Waals surface area contributed by atoms with Gasteiger partial charge in [0.1, 0.15) is 5.60 Å². The van der Waals surface area contributed by atoms with E-state index in [-0.39, 0.29) is 6.54 Å². The quantitative estimate of drug-likeness (QED) is 0.538. The van der Waals surface area contributed by atoms with Crippen LogP contribution in [0.25, 0.3) is 0 Å². The Labute approximate surface area is 54.0 Å². The summed E-state index contributed by atoms with van der Waals surface area (Å²) in [5.41, 5.74) is 3.58. The fourth-order valence-corrected chi connectivity index (χ4v) is 0.300. The molecule has 0 heterocycles. The summed E-state index contributed by atoms with van der Waals surface area (Å²) in [6.07, 6.45) is 0. The summed E-state index contributed by atoms with van der Waals surface area (Å²) in [5.74, 6) is 0. The zero-order chi connectivity index (χ0) is 7.49. The first-order chi connectivity index (χ1) is 3.92. The normalized spacial score (nSPS) is 11.0. The van der Waals surface area contributed by atoms with Crippen molar-refractivity contribution in [2.24, 2.45) is 5.73 Å². The maximum absolute atomic E-state index is 10.7. The molecule has 0 saturated heterocycles. The summed E-state index contributed by atoms with van der Waals surface area (Å²) in [5, 5.41) is 12.9. The van der Waals surface area contributed by atoms with Crippen molar-refractivity contribution in [2.75, 3.05) is 6.54 Å². The Balaban J connectivity index is 3.39. The maximum atomic E-state index is 10.7. The third kappa shape index (κ3) is 7.23. The molecular weight excluding hydrogens is 120 g/mol. The summed E-state index contributed by atoms with van der Waals surface area (Å²) in [7, 11) is 0. The van der Waals surface area contributed by atoms with Gasteiger partial charge in [0.15, 0.2) is 0 Å². The van der Waals surface area contributed by atoms with Crippen molar-refractivity contribution in [3.63, 3.8) is 0 Å². The molecule has 3 N–H and O–H groups in total. The second-order valence-corrected chi connectivity index (χ2v) is 2.48. The van der Waals surface area contributed by atoms with Crippen LogP contribution in [0.2, 0.25) is 0 Å². The molecule has 1 radical (unpaired) electrons. The summed E-state index contributed by atoms with van der Waals surface area (Å²) in [6.45, 7) is 3.02. The Bertz CT molecular complexity index is 106. The highest BCUT2D eigenvalue weighted by Crippen LogP contribution is 1.97. The minimum Gasteiger partial charge on any atom is -0.352 e. The Morgan fingerprint density at radius 3 is 2.22 bits per heavy atom. The SMILES string of the molecule is CC(C)([O])CNC(N)=O. The molecule has 0 aromatic rings. The Kier molecular flexibility index (Phi) is 2.45. The van der Waals surface area contributed by atoms with Crippen molar-refractivity contribution in [1.29, 1.82) is 0 Å². The molecule has 4 nitrogen and oxygen atoms in total. The molecule has 0 rings (SSSR count). The minimum absolute atomic E-state index is 0.0718. The molecule has 0 aliphatic heterocycles. The van der Waals surface area contributed by atoms with Crippen LogP contribution in [0.4, 0.5) is 4.79 Å². The molecule has 4 heteroatoms. The molecule has 0 aliphatic rings. The molecule has 0 saturated carbocycles. The monoisotopic (exact) mass is 131 g/mol. The van der Waals surface area contributed by atoms with Crippen molar-refractivity contribution in [3.8, 4) is 0 Å². The standard InChI is InChI=1S/C5H11N2O2/c1-5(2,9)3-7-4(6)8/h3H2,1-2H3,(H3,6,7,8). The van der Waals surface area contributed by atoms with Crippen LogP contribution in [-0.4, -0.2) is 18.2 Å². The van der Waals surface area contributed by atoms with Crippen LogP contribution in [0.15, 0.2) is 0 Å². The number of carbonyl (C=O) groups excluding carboxylic acids is 1. The molecule has 0 bridgehead atoms. The van der Waals surface area contributed by atoms with E-state index in [1.807, 2.05) is 0 Å². The fourth-order valence-electron chi connectivity index (χ4n) is 0.300. The lowest BCUT2D eigenvalue weighted by Crippen LogP contribution is -2.39. The summed E-state index contributed by atoms with van der Waals surface area (Å²) in [4.78, 5) is 10.0. The molecule has 9 heavy (non-hydrogen) atoms. The van der Waals surface area contributed by atoms with Crippen LogP contribution in [0.5, 0.6) is 0 Å². The van der Waals surface area contributed by atoms with Gasteiger partial charge in [0.05, 0.1) is 6.54 Å². The lowest BCUT2D eigenvalue weighted by molar-refractivity contribution is 0.00752. The lowest BCUT2D eigenvalue weighted by Gasteiger charge is -2.12. The smallest absolute Gasteiger partial charge is 0.312 e. The number of carbonyl (C=O) groups is 1. The van der Waals surface area contributed by atoms with Crippen molar-refractivity contribution in [1.82, 2.24) is 5.32 Å². The third-order valence-electron chi connectivity index (χ3n) is 0.688. The molecule has 0 aromatic carbocycles. The highest BCUT2D eigenvalue weighted by Gasteiger charge is 2.14. The molecular formula is C5H11N2O2. The van der Waals surface area contributed by atoms with Crippen molar-refractivity contribution in [2.45, 2.75) is 19.4 Å². The molecule has 0 aliphatic carbocycles. The molecule has 0 fully saturated rings. The number of nitrogens with one attached hydrogen (secondary N) is 1. The molecule has 53 valence electrons. The van der Waals surface area contributed by atoms with E-state index in [2.05, 4.69) is 5.32 Å². The number of primary amides is 1. The van der Waals surface area contributed by atoms with Gasteiger partial charge < -0.3 is 11.1 Å². The lowest BCUT2D eigenvalue weighted by atomic mass is 10.1. The van der Waals surface area contributed by atoms with Crippen LogP contribution in [-0.2, 0) is 5.11 Å². The predicted octanol–water partition coefficient (Wildman–Crippen LogP) is -0.136. The van der Waals surface area contributed by atoms with Gasteiger partial charge in [-0.15, -0.1) is 0 Å². The molecule has 0 aromatic heterocycles. The fraction of sp³-hybridized carbons (Fsp3) is 0.800. The molecule has 2 amide bonds. The highest BCUT2D eigenvalue weighted by molar-refractivity contribution is 5.71. The van der Waals surface area contributed by atoms with Gasteiger partial charge in [-0.3, -0.25) is 0 Å². The minimum atomic E-state index is -1.13. The van der Waals surface area contributed by atoms with Gasteiger partial charge in [0.2, 0.25) is 0 Å². The van der Waals surface area contributed by atoms with E-state index in [0.717, 1.165) is 0 Å². The van der Waals surface area contributed by atoms with Gasteiger partial charge in [-0.2, -0.15) is 0 Å². The number of amides is 2. The van der Waals surface area contributed by atoms with E-state index in [1.54, 1.807) is 0 Å². The largest absolute Gasteiger partial charge is 0.352 e. The maximum Gasteiger partial charge on any atom is 0.312 e. The highest BCUT2D eigenvalue weighted by atomic mass is 16.3. The Hall–Kier alpha value is -0.770. The van der Waals surface area contributed by atoms with E-state index in [9.17, 15) is 9.90 Å². The van der Waals surface area contributed by atoms with Crippen molar-refractivity contribution in [3.05, 3.63) is 0 Å². The van der Waals surface area contributed by atoms with Gasteiger partial charge in [-0.1, -0.05) is 0 Å². The van der Waals surface area contributed by atoms with Crippen molar-refractivity contribution < 1.29 is 9.90 Å². The van der Waals surface area contributed by atoms with Crippen molar-refractivity contribution >= 4 is 6.03 Å². The van der Waals surface area contributed by atoms with Crippen LogP contribution in [0.3, 0.4) is 0 Å². The van der Waals surface area contributed by atoms with E-state index < -0.39 is 11.6 Å². The second-order valence-electron chi connectivity index (χ2n) is 2.48. The summed E-state index contributed by atoms with van der Waals surface area (Å²) < 4.78 is 0. The number of nitrogens with two attached hydrogens (primary N) is 1. The van der Waals surface area contributed by atoms with Gasteiger partial charge in [-0.05, 0) is 13.8 Å². The van der Waals surface area contributed by atoms with Crippen LogP contribution in [0, 0.1) is 0 Å². The molecule has 0 unspecified atom stereocenters. The first-order valence-corrected chi connectivity index (χ1v) is 2.65. The number of hydrogen-bond donors (Lipinski definition) is 2. The first-order valence-electron chi connectivity index (χ1n) is 2.65. The second kappa shape index (κ2) is 2.68. The van der Waals surface area contributed by atoms with Crippen LogP contribution in [0.1, 0.15) is 13.8 Å². The summed E-state index contributed by atoms with van der Waals surface area (Å²) in [6, 6.07) is -0.654. The average molecular weight is 131 g/mol. The summed E-state index contributed by atoms with van der Waals surface area (Å²) >= 11 is 0. The predicted molar refractivity (Wildman–Crippen MR) is 32.4 cm³/mol. The van der Waals surface area contributed by atoms with E-state index in [0.29, 0.717) is 0 Å². The number of rotatable bonds is 2. The first kappa shape index (κ1) is 8.23. The Morgan fingerprint density at radius 2 is 2.11 bits per heavy atom. The van der Waals surface area contributed by atoms with Crippen LogP contribution < -0.4 is 11.1 Å². The molecule has 0 spiro atoms. The van der Waals surface area contributed by atoms with Crippen LogP contribution >= 0.6 is 0 Å². The van der Waals surface area contributed by atoms with Gasteiger partial charge in [0, 0.05) is 0 Å². The van der Waals surface area contributed by atoms with E-state index in [4.69, 9.17) is 5.73 Å². The van der Waals surface area contributed by atoms with E-state index in [1.165, 1.54) is 13.8 Å². The number of urea groups is 1. The van der Waals surface area contributed by atoms with E-state index >= 15 is 0 Å².